The number of nitrogens with zero attached hydrogens (tertiary/aromatic N) is 2. The zero-order chi connectivity index (χ0) is 15.9. The molecule has 0 aliphatic rings. The number of carboxylic acid groups (broad SMARTS) is 1. The van der Waals surface area contributed by atoms with Gasteiger partial charge in [-0.1, -0.05) is 6.92 Å². The maximum atomic E-state index is 14.3. The third-order valence-electron chi connectivity index (χ3n) is 3.53. The molecule has 0 radical (unpaired) electrons. The molecule has 0 aliphatic heterocycles. The summed E-state index contributed by atoms with van der Waals surface area (Å²) in [5, 5.41) is 19.5. The van der Waals surface area contributed by atoms with Crippen LogP contribution in [0.25, 0.3) is 16.6 Å². The third kappa shape index (κ3) is 2.09. The number of aromatic hydroxyl groups is 1. The molecule has 0 atom stereocenters. The molecule has 0 aliphatic carbocycles. The van der Waals surface area contributed by atoms with E-state index in [0.717, 1.165) is 6.07 Å². The van der Waals surface area contributed by atoms with Gasteiger partial charge in [0.15, 0.2) is 0 Å². The van der Waals surface area contributed by atoms with E-state index in [2.05, 4.69) is 4.98 Å². The average molecular weight is 300 g/mol. The molecule has 1 aromatic carbocycles. The number of pyridine rings is 1. The predicted octanol–water partition coefficient (Wildman–Crippen LogP) is 3.13. The predicted molar refractivity (Wildman–Crippen MR) is 79.0 cm³/mol. The van der Waals surface area contributed by atoms with Gasteiger partial charge >= 0.3 is 5.97 Å². The first-order chi connectivity index (χ1) is 10.5. The summed E-state index contributed by atoms with van der Waals surface area (Å²) < 4.78 is 15.9. The Bertz CT molecular complexity index is 873. The Labute approximate surface area is 125 Å². The number of carboxylic acids is 1. The van der Waals surface area contributed by atoms with Crippen molar-refractivity contribution in [2.45, 2.75) is 13.3 Å². The van der Waals surface area contributed by atoms with E-state index in [-0.39, 0.29) is 22.3 Å². The molecule has 3 rings (SSSR count). The summed E-state index contributed by atoms with van der Waals surface area (Å²) in [7, 11) is 0. The van der Waals surface area contributed by atoms with Crippen LogP contribution in [0.2, 0.25) is 0 Å². The Morgan fingerprint density at radius 2 is 2.00 bits per heavy atom. The van der Waals surface area contributed by atoms with Crippen molar-refractivity contribution in [3.63, 3.8) is 0 Å². The summed E-state index contributed by atoms with van der Waals surface area (Å²) in [6.45, 7) is 1.75. The van der Waals surface area contributed by atoms with Gasteiger partial charge in [0.25, 0.3) is 0 Å². The van der Waals surface area contributed by atoms with Crippen LogP contribution in [-0.2, 0) is 6.42 Å². The Kier molecular flexibility index (Phi) is 3.29. The lowest BCUT2D eigenvalue weighted by atomic mass is 10.0. The maximum Gasteiger partial charge on any atom is 0.341 e. The van der Waals surface area contributed by atoms with Gasteiger partial charge in [-0.05, 0) is 30.7 Å². The summed E-state index contributed by atoms with van der Waals surface area (Å²) in [6.07, 6.45) is 3.73. The summed E-state index contributed by atoms with van der Waals surface area (Å²) >= 11 is 0. The molecule has 5 nitrogen and oxygen atoms in total. The first kappa shape index (κ1) is 14.1. The molecule has 0 spiro atoms. The van der Waals surface area contributed by atoms with Crippen molar-refractivity contribution in [2.24, 2.45) is 0 Å². The third-order valence-corrected chi connectivity index (χ3v) is 3.53. The van der Waals surface area contributed by atoms with Gasteiger partial charge in [-0.15, -0.1) is 0 Å². The minimum absolute atomic E-state index is 0.0861. The van der Waals surface area contributed by atoms with Crippen LogP contribution >= 0.6 is 0 Å². The number of carbonyl (C=O) groups is 1. The van der Waals surface area contributed by atoms with Crippen LogP contribution in [0, 0.1) is 5.82 Å². The van der Waals surface area contributed by atoms with Crippen molar-refractivity contribution in [1.29, 1.82) is 0 Å². The van der Waals surface area contributed by atoms with Crippen molar-refractivity contribution in [3.8, 4) is 11.4 Å². The molecule has 0 amide bonds. The van der Waals surface area contributed by atoms with Gasteiger partial charge in [0.1, 0.15) is 17.1 Å². The van der Waals surface area contributed by atoms with E-state index in [9.17, 15) is 19.4 Å². The highest BCUT2D eigenvalue weighted by atomic mass is 19.1. The Morgan fingerprint density at radius 3 is 2.59 bits per heavy atom. The van der Waals surface area contributed by atoms with Crippen LogP contribution < -0.4 is 0 Å². The molecule has 0 unspecified atom stereocenters. The fraction of sp³-hybridized carbons (Fsp3) is 0.125. The molecule has 3 aromatic rings. The highest BCUT2D eigenvalue weighted by molar-refractivity contribution is 6.00. The van der Waals surface area contributed by atoms with E-state index in [4.69, 9.17) is 0 Å². The van der Waals surface area contributed by atoms with Crippen LogP contribution in [0.4, 0.5) is 4.39 Å². The molecule has 112 valence electrons. The van der Waals surface area contributed by atoms with Gasteiger partial charge in [0.05, 0.1) is 16.9 Å². The molecule has 0 fully saturated rings. The molecule has 22 heavy (non-hydrogen) atoms. The highest BCUT2D eigenvalue weighted by Crippen LogP contribution is 2.32. The zero-order valence-corrected chi connectivity index (χ0v) is 11.7. The van der Waals surface area contributed by atoms with Gasteiger partial charge in [-0.3, -0.25) is 4.98 Å². The lowest BCUT2D eigenvalue weighted by Gasteiger charge is -2.12. The lowest BCUT2D eigenvalue weighted by Crippen LogP contribution is -2.06. The molecule has 0 saturated carbocycles. The second-order valence-electron chi connectivity index (χ2n) is 4.85. The van der Waals surface area contributed by atoms with Crippen LogP contribution in [0.1, 0.15) is 23.0 Å². The minimum atomic E-state index is -1.28. The monoisotopic (exact) mass is 300 g/mol. The van der Waals surface area contributed by atoms with Gasteiger partial charge in [-0.25, -0.2) is 9.18 Å². The Hall–Kier alpha value is -2.89. The van der Waals surface area contributed by atoms with Crippen molar-refractivity contribution >= 4 is 16.9 Å². The van der Waals surface area contributed by atoms with E-state index in [1.54, 1.807) is 36.0 Å². The Morgan fingerprint density at radius 1 is 1.32 bits per heavy atom. The quantitative estimate of drug-likeness (QED) is 0.779. The smallest absolute Gasteiger partial charge is 0.341 e. The fourth-order valence-electron chi connectivity index (χ4n) is 2.48. The SMILES string of the molecule is CCc1nc2cc(-n3cccc3)c(F)cc2c(O)c1C(=O)O. The Balaban J connectivity index is 2.35. The highest BCUT2D eigenvalue weighted by Gasteiger charge is 2.21. The molecular weight excluding hydrogens is 287 g/mol. The number of fused-ring (bicyclic) bond motifs is 1. The number of aromatic carboxylic acids is 1. The van der Waals surface area contributed by atoms with E-state index in [1.807, 2.05) is 0 Å². The van der Waals surface area contributed by atoms with Crippen LogP contribution in [0.5, 0.6) is 5.75 Å². The number of aromatic nitrogens is 2. The first-order valence-corrected chi connectivity index (χ1v) is 6.74. The molecule has 2 N–H and O–H groups in total. The van der Waals surface area contributed by atoms with Crippen molar-refractivity contribution < 1.29 is 19.4 Å². The summed E-state index contributed by atoms with van der Waals surface area (Å²) in [6, 6.07) is 6.13. The summed E-state index contributed by atoms with van der Waals surface area (Å²) in [4.78, 5) is 15.6. The van der Waals surface area contributed by atoms with E-state index in [0.29, 0.717) is 11.9 Å². The van der Waals surface area contributed by atoms with E-state index >= 15 is 0 Å². The standard InChI is InChI=1S/C16H13FN2O3/c1-2-11-14(16(21)22)15(20)9-7-10(17)13(8-12(9)18-11)19-5-3-4-6-19/h3-8H,2H2,1H3,(H,18,20)(H,21,22). The fourth-order valence-corrected chi connectivity index (χ4v) is 2.48. The number of hydrogen-bond acceptors (Lipinski definition) is 3. The molecule has 6 heteroatoms. The molecule has 0 saturated heterocycles. The van der Waals surface area contributed by atoms with Gasteiger partial charge in [-0.2, -0.15) is 0 Å². The van der Waals surface area contributed by atoms with E-state index < -0.39 is 17.5 Å². The molecular formula is C16H13FN2O3. The zero-order valence-electron chi connectivity index (χ0n) is 11.7. The number of hydrogen-bond donors (Lipinski definition) is 2. The molecule has 0 bridgehead atoms. The van der Waals surface area contributed by atoms with Gasteiger partial charge in [0.2, 0.25) is 0 Å². The van der Waals surface area contributed by atoms with Crippen LogP contribution in [-0.4, -0.2) is 25.7 Å². The van der Waals surface area contributed by atoms with Gasteiger partial charge in [0, 0.05) is 17.8 Å². The van der Waals surface area contributed by atoms with Crippen molar-refractivity contribution in [1.82, 2.24) is 9.55 Å². The minimum Gasteiger partial charge on any atom is -0.506 e. The number of aryl methyl sites for hydroxylation is 1. The second-order valence-corrected chi connectivity index (χ2v) is 4.85. The second kappa shape index (κ2) is 5.14. The lowest BCUT2D eigenvalue weighted by molar-refractivity contribution is 0.0692. The molecule has 2 heterocycles. The number of rotatable bonds is 3. The number of halogens is 1. The average Bonchev–Trinajstić information content (AvgIpc) is 3.00. The van der Waals surface area contributed by atoms with Crippen LogP contribution in [0.15, 0.2) is 36.7 Å². The topological polar surface area (TPSA) is 75.3 Å². The van der Waals surface area contributed by atoms with E-state index in [1.165, 1.54) is 6.07 Å². The van der Waals surface area contributed by atoms with Crippen molar-refractivity contribution in [2.75, 3.05) is 0 Å². The van der Waals surface area contributed by atoms with Crippen molar-refractivity contribution in [3.05, 3.63) is 53.7 Å². The van der Waals surface area contributed by atoms with Gasteiger partial charge < -0.3 is 14.8 Å². The number of benzene rings is 1. The first-order valence-electron chi connectivity index (χ1n) is 6.74. The summed E-state index contributed by atoms with van der Waals surface area (Å²) in [5.41, 5.74) is 0.629. The normalized spacial score (nSPS) is 11.0. The summed E-state index contributed by atoms with van der Waals surface area (Å²) in [5.74, 6) is -2.30. The maximum absolute atomic E-state index is 14.3. The molecule has 2 aromatic heterocycles. The largest absolute Gasteiger partial charge is 0.506 e. The van der Waals surface area contributed by atoms with Crippen LogP contribution in [0.3, 0.4) is 0 Å².